The Balaban J connectivity index is 2.26. The average Bonchev–Trinajstić information content (AvgIpc) is 2.96. The molecule has 1 amide bonds. The number of carbonyl (C=O) groups excluding carboxylic acids is 1. The van der Waals surface area contributed by atoms with Gasteiger partial charge >= 0.3 is 0 Å². The summed E-state index contributed by atoms with van der Waals surface area (Å²) in [5, 5.41) is 0. The fourth-order valence-electron chi connectivity index (χ4n) is 2.71. The molecule has 1 aliphatic heterocycles. The van der Waals surface area contributed by atoms with Gasteiger partial charge in [0, 0.05) is 19.5 Å². The van der Waals surface area contributed by atoms with Crippen molar-refractivity contribution in [2.75, 3.05) is 0 Å². The maximum Gasteiger partial charge on any atom is 0.222 e. The molecular formula is C20H25NO. The molecule has 2 heteroatoms. The summed E-state index contributed by atoms with van der Waals surface area (Å²) in [6, 6.07) is 6.54. The average molecular weight is 295 g/mol. The molecule has 0 saturated heterocycles. The van der Waals surface area contributed by atoms with Gasteiger partial charge in [0.05, 0.1) is 0 Å². The molecular weight excluding hydrogens is 270 g/mol. The highest BCUT2D eigenvalue weighted by molar-refractivity contribution is 5.78. The van der Waals surface area contributed by atoms with Gasteiger partial charge in [-0.3, -0.25) is 4.79 Å². The highest BCUT2D eigenvalue weighted by Gasteiger charge is 2.22. The normalized spacial score (nSPS) is 15.0. The molecule has 0 unspecified atom stereocenters. The first kappa shape index (κ1) is 16.3. The standard InChI is InChI=1S/C20H25NO/c1-4-7-8-10-16(9-5-2)17-11-12-18-14-21(20(22)6-3)15-19(18)13-17/h5,7-13H,4,6,14-15H2,1-3H3/b8-7+,9-5-,16-10+. The zero-order valence-electron chi connectivity index (χ0n) is 13.8. The number of carbonyl (C=O) groups is 1. The molecule has 0 atom stereocenters. The van der Waals surface area contributed by atoms with Crippen molar-refractivity contribution in [1.29, 1.82) is 0 Å². The van der Waals surface area contributed by atoms with Crippen molar-refractivity contribution in [3.05, 3.63) is 65.3 Å². The van der Waals surface area contributed by atoms with Crippen molar-refractivity contribution >= 4 is 11.5 Å². The van der Waals surface area contributed by atoms with Gasteiger partial charge in [-0.05, 0) is 41.7 Å². The van der Waals surface area contributed by atoms with E-state index in [-0.39, 0.29) is 5.91 Å². The van der Waals surface area contributed by atoms with Crippen LogP contribution in [0.15, 0.2) is 48.6 Å². The number of nitrogens with zero attached hydrogens (tertiary/aromatic N) is 1. The molecule has 22 heavy (non-hydrogen) atoms. The molecule has 0 aliphatic carbocycles. The summed E-state index contributed by atoms with van der Waals surface area (Å²) in [5.41, 5.74) is 4.96. The van der Waals surface area contributed by atoms with Crippen LogP contribution in [0.5, 0.6) is 0 Å². The minimum absolute atomic E-state index is 0.229. The summed E-state index contributed by atoms with van der Waals surface area (Å²) >= 11 is 0. The maximum absolute atomic E-state index is 11.9. The Morgan fingerprint density at radius 1 is 1.23 bits per heavy atom. The second kappa shape index (κ2) is 7.79. The summed E-state index contributed by atoms with van der Waals surface area (Å²) in [6.07, 6.45) is 12.2. The number of benzene rings is 1. The first-order valence-electron chi connectivity index (χ1n) is 8.09. The molecule has 1 heterocycles. The molecule has 0 bridgehead atoms. The molecule has 0 N–H and O–H groups in total. The SMILES string of the molecule is C\C=C/C(=C\C=C\CC)c1ccc2c(c1)CN(C(=O)CC)C2. The molecule has 1 aromatic rings. The van der Waals surface area contributed by atoms with Gasteiger partial charge in [0.25, 0.3) is 0 Å². The monoisotopic (exact) mass is 295 g/mol. The topological polar surface area (TPSA) is 20.3 Å². The zero-order chi connectivity index (χ0) is 15.9. The lowest BCUT2D eigenvalue weighted by molar-refractivity contribution is -0.131. The van der Waals surface area contributed by atoms with Crippen LogP contribution in [-0.4, -0.2) is 10.8 Å². The van der Waals surface area contributed by atoms with Gasteiger partial charge in [-0.25, -0.2) is 0 Å². The molecule has 1 aromatic carbocycles. The third kappa shape index (κ3) is 3.76. The van der Waals surface area contributed by atoms with Crippen molar-refractivity contribution in [1.82, 2.24) is 4.90 Å². The number of rotatable bonds is 5. The van der Waals surface area contributed by atoms with Crippen molar-refractivity contribution in [2.45, 2.75) is 46.7 Å². The van der Waals surface area contributed by atoms with Gasteiger partial charge in [-0.1, -0.05) is 56.4 Å². The van der Waals surface area contributed by atoms with Gasteiger partial charge in [-0.2, -0.15) is 0 Å². The van der Waals surface area contributed by atoms with E-state index in [0.717, 1.165) is 19.5 Å². The Hall–Kier alpha value is -2.09. The Bertz CT molecular complexity index is 623. The van der Waals surface area contributed by atoms with E-state index in [9.17, 15) is 4.79 Å². The van der Waals surface area contributed by atoms with Crippen LogP contribution in [0.25, 0.3) is 5.57 Å². The van der Waals surface area contributed by atoms with E-state index >= 15 is 0 Å². The van der Waals surface area contributed by atoms with Crippen LogP contribution >= 0.6 is 0 Å². The van der Waals surface area contributed by atoms with Crippen molar-refractivity contribution in [3.8, 4) is 0 Å². The van der Waals surface area contributed by atoms with E-state index in [1.807, 2.05) is 18.7 Å². The molecule has 1 aliphatic rings. The predicted molar refractivity (Wildman–Crippen MR) is 93.2 cm³/mol. The minimum Gasteiger partial charge on any atom is -0.334 e. The third-order valence-corrected chi connectivity index (χ3v) is 3.91. The third-order valence-electron chi connectivity index (χ3n) is 3.91. The molecule has 0 aromatic heterocycles. The second-order valence-electron chi connectivity index (χ2n) is 5.55. The highest BCUT2D eigenvalue weighted by atomic mass is 16.2. The smallest absolute Gasteiger partial charge is 0.222 e. The number of hydrogen-bond acceptors (Lipinski definition) is 1. The molecule has 0 saturated carbocycles. The van der Waals surface area contributed by atoms with Crippen LogP contribution in [0.2, 0.25) is 0 Å². The highest BCUT2D eigenvalue weighted by Crippen LogP contribution is 2.27. The lowest BCUT2D eigenvalue weighted by Crippen LogP contribution is -2.23. The van der Waals surface area contributed by atoms with Gasteiger partial charge < -0.3 is 4.90 Å². The van der Waals surface area contributed by atoms with Crippen LogP contribution in [0.1, 0.15) is 50.3 Å². The Morgan fingerprint density at radius 3 is 2.68 bits per heavy atom. The summed E-state index contributed by atoms with van der Waals surface area (Å²) in [7, 11) is 0. The lowest BCUT2D eigenvalue weighted by Gasteiger charge is -2.13. The van der Waals surface area contributed by atoms with Crippen LogP contribution in [0, 0.1) is 0 Å². The van der Waals surface area contributed by atoms with E-state index in [1.54, 1.807) is 0 Å². The molecule has 2 nitrogen and oxygen atoms in total. The van der Waals surface area contributed by atoms with Crippen LogP contribution in [-0.2, 0) is 17.9 Å². The number of fused-ring (bicyclic) bond motifs is 1. The lowest BCUT2D eigenvalue weighted by atomic mass is 10.00. The Labute approximate surface area is 133 Å². The van der Waals surface area contributed by atoms with Crippen LogP contribution in [0.4, 0.5) is 0 Å². The fourth-order valence-corrected chi connectivity index (χ4v) is 2.71. The van der Waals surface area contributed by atoms with E-state index < -0.39 is 0 Å². The Morgan fingerprint density at radius 2 is 2.00 bits per heavy atom. The van der Waals surface area contributed by atoms with Gasteiger partial charge in [0.2, 0.25) is 5.91 Å². The first-order chi connectivity index (χ1) is 10.7. The van der Waals surface area contributed by atoms with Crippen LogP contribution < -0.4 is 0 Å². The van der Waals surface area contributed by atoms with E-state index in [1.165, 1.54) is 22.3 Å². The molecule has 0 fully saturated rings. The quantitative estimate of drug-likeness (QED) is 0.710. The summed E-state index contributed by atoms with van der Waals surface area (Å²) < 4.78 is 0. The van der Waals surface area contributed by atoms with Crippen LogP contribution in [0.3, 0.4) is 0 Å². The van der Waals surface area contributed by atoms with E-state index in [2.05, 4.69) is 55.5 Å². The number of allylic oxidation sites excluding steroid dienone is 6. The molecule has 0 radical (unpaired) electrons. The van der Waals surface area contributed by atoms with Crippen molar-refractivity contribution in [3.63, 3.8) is 0 Å². The minimum atomic E-state index is 0.229. The zero-order valence-corrected chi connectivity index (χ0v) is 13.8. The van der Waals surface area contributed by atoms with Gasteiger partial charge in [0.1, 0.15) is 0 Å². The van der Waals surface area contributed by atoms with Crippen molar-refractivity contribution in [2.24, 2.45) is 0 Å². The van der Waals surface area contributed by atoms with Gasteiger partial charge in [-0.15, -0.1) is 0 Å². The second-order valence-corrected chi connectivity index (χ2v) is 5.55. The van der Waals surface area contributed by atoms with Crippen molar-refractivity contribution < 1.29 is 4.79 Å². The number of hydrogen-bond donors (Lipinski definition) is 0. The van der Waals surface area contributed by atoms with E-state index in [0.29, 0.717) is 6.42 Å². The summed E-state index contributed by atoms with van der Waals surface area (Å²) in [4.78, 5) is 13.8. The predicted octanol–water partition coefficient (Wildman–Crippen LogP) is 4.86. The van der Waals surface area contributed by atoms with Gasteiger partial charge in [0.15, 0.2) is 0 Å². The largest absolute Gasteiger partial charge is 0.334 e. The Kier molecular flexibility index (Phi) is 5.76. The first-order valence-corrected chi connectivity index (χ1v) is 8.09. The fraction of sp³-hybridized carbons (Fsp3) is 0.350. The molecule has 116 valence electrons. The molecule has 0 spiro atoms. The summed E-state index contributed by atoms with van der Waals surface area (Å²) in [6.45, 7) is 7.58. The maximum atomic E-state index is 11.9. The summed E-state index contributed by atoms with van der Waals surface area (Å²) in [5.74, 6) is 0.229. The van der Waals surface area contributed by atoms with E-state index in [4.69, 9.17) is 0 Å². The number of amides is 1. The molecule has 2 rings (SSSR count).